The number of alkyl halides is 3. The number of ether oxygens (including phenoxy) is 3. The monoisotopic (exact) mass is 516 g/mol. The van der Waals surface area contributed by atoms with Crippen LogP contribution in [0.15, 0.2) is 42.7 Å². The van der Waals surface area contributed by atoms with Crippen LogP contribution in [0.3, 0.4) is 0 Å². The number of hydrogen-bond acceptors (Lipinski definition) is 7. The molecule has 2 aromatic carbocycles. The fourth-order valence-electron chi connectivity index (χ4n) is 4.80. The number of rotatable bonds is 6. The lowest BCUT2D eigenvalue weighted by molar-refractivity contribution is -0.137. The van der Waals surface area contributed by atoms with Gasteiger partial charge in [-0.25, -0.2) is 14.8 Å². The molecule has 0 N–H and O–H groups in total. The van der Waals surface area contributed by atoms with Crippen molar-refractivity contribution < 1.29 is 37.0 Å². The molecule has 12 heteroatoms. The molecule has 0 bridgehead atoms. The van der Waals surface area contributed by atoms with Gasteiger partial charge in [0.05, 0.1) is 30.7 Å². The molecule has 1 saturated carbocycles. The van der Waals surface area contributed by atoms with E-state index in [1.54, 1.807) is 12.1 Å². The normalized spacial score (nSPS) is 20.1. The van der Waals surface area contributed by atoms with Gasteiger partial charge in [0.1, 0.15) is 19.0 Å². The van der Waals surface area contributed by atoms with E-state index in [1.165, 1.54) is 32.7 Å². The van der Waals surface area contributed by atoms with E-state index in [-0.39, 0.29) is 18.3 Å². The van der Waals surface area contributed by atoms with Crippen molar-refractivity contribution in [1.29, 1.82) is 0 Å². The summed E-state index contributed by atoms with van der Waals surface area (Å²) in [6, 6.07) is 6.75. The SMILES string of the molecule is COc1cc2ncnc(O[C@H]3CC[C@H](N4C(=O)CN(c5cccc(C(F)(F)F)c5)C4=O)C3)c2cc1OC. The van der Waals surface area contributed by atoms with Gasteiger partial charge in [-0.3, -0.25) is 14.6 Å². The van der Waals surface area contributed by atoms with Crippen molar-refractivity contribution in [2.24, 2.45) is 0 Å². The van der Waals surface area contributed by atoms with Crippen LogP contribution >= 0.6 is 0 Å². The van der Waals surface area contributed by atoms with Crippen LogP contribution in [-0.4, -0.2) is 59.7 Å². The largest absolute Gasteiger partial charge is 0.493 e. The lowest BCUT2D eigenvalue weighted by atomic mass is 10.2. The van der Waals surface area contributed by atoms with Gasteiger partial charge < -0.3 is 14.2 Å². The maximum atomic E-state index is 13.1. The van der Waals surface area contributed by atoms with Crippen LogP contribution in [0.25, 0.3) is 10.9 Å². The molecular weight excluding hydrogens is 493 g/mol. The number of imide groups is 1. The summed E-state index contributed by atoms with van der Waals surface area (Å²) < 4.78 is 56.2. The molecule has 2 heterocycles. The maximum Gasteiger partial charge on any atom is 0.416 e. The summed E-state index contributed by atoms with van der Waals surface area (Å²) in [5, 5.41) is 0.618. The highest BCUT2D eigenvalue weighted by Gasteiger charge is 2.44. The van der Waals surface area contributed by atoms with Crippen molar-refractivity contribution in [3.8, 4) is 17.4 Å². The molecule has 1 aliphatic heterocycles. The van der Waals surface area contributed by atoms with Gasteiger partial charge in [0.25, 0.3) is 5.91 Å². The van der Waals surface area contributed by atoms with Gasteiger partial charge >= 0.3 is 12.2 Å². The molecule has 3 amide bonds. The van der Waals surface area contributed by atoms with E-state index in [9.17, 15) is 22.8 Å². The average Bonchev–Trinajstić information content (AvgIpc) is 3.45. The Kier molecular flexibility index (Phi) is 6.26. The Hall–Kier alpha value is -4.09. The number of methoxy groups -OCH3 is 2. The minimum atomic E-state index is -4.56. The molecule has 3 aromatic rings. The number of halogens is 3. The number of fused-ring (bicyclic) bond motifs is 1. The molecule has 9 nitrogen and oxygen atoms in total. The van der Waals surface area contributed by atoms with E-state index in [1.807, 2.05) is 0 Å². The quantitative estimate of drug-likeness (QED) is 0.448. The second-order valence-electron chi connectivity index (χ2n) is 8.79. The van der Waals surface area contributed by atoms with Crippen molar-refractivity contribution in [3.05, 3.63) is 48.3 Å². The minimum absolute atomic E-state index is 0.0262. The molecule has 0 spiro atoms. The van der Waals surface area contributed by atoms with Crippen LogP contribution in [0.2, 0.25) is 0 Å². The van der Waals surface area contributed by atoms with Crippen molar-refractivity contribution in [3.63, 3.8) is 0 Å². The second kappa shape index (κ2) is 9.41. The Morgan fingerprint density at radius 3 is 2.49 bits per heavy atom. The first-order valence-corrected chi connectivity index (χ1v) is 11.5. The van der Waals surface area contributed by atoms with E-state index in [2.05, 4.69) is 9.97 Å². The molecule has 1 aliphatic carbocycles. The van der Waals surface area contributed by atoms with Gasteiger partial charge in [0, 0.05) is 24.2 Å². The van der Waals surface area contributed by atoms with Crippen molar-refractivity contribution in [2.45, 2.75) is 37.6 Å². The van der Waals surface area contributed by atoms with Crippen LogP contribution in [0.4, 0.5) is 23.7 Å². The standard InChI is InChI=1S/C25H23F3N4O5/c1-35-20-10-18-19(11-21(20)36-2)29-13-30-23(18)37-17-7-6-16(9-17)32-22(33)12-31(24(32)34)15-5-3-4-14(8-15)25(26,27)28/h3-5,8,10-11,13,16-17H,6-7,9,12H2,1-2H3/t16-,17-/m0/s1. The molecule has 0 unspecified atom stereocenters. The number of anilines is 1. The number of carbonyl (C=O) groups excluding carboxylic acids is 2. The van der Waals surface area contributed by atoms with Gasteiger partial charge in [0.15, 0.2) is 11.5 Å². The number of hydrogen-bond donors (Lipinski definition) is 0. The number of urea groups is 1. The highest BCUT2D eigenvalue weighted by atomic mass is 19.4. The Balaban J connectivity index is 1.32. The number of nitrogens with zero attached hydrogens (tertiary/aromatic N) is 4. The fourth-order valence-corrected chi connectivity index (χ4v) is 4.80. The Bertz CT molecular complexity index is 1370. The predicted molar refractivity (Wildman–Crippen MR) is 126 cm³/mol. The van der Waals surface area contributed by atoms with Crippen molar-refractivity contribution in [2.75, 3.05) is 25.7 Å². The third-order valence-corrected chi connectivity index (χ3v) is 6.59. The molecule has 37 heavy (non-hydrogen) atoms. The zero-order chi connectivity index (χ0) is 26.3. The lowest BCUT2D eigenvalue weighted by Crippen LogP contribution is -2.40. The van der Waals surface area contributed by atoms with Gasteiger partial charge in [-0.05, 0) is 37.1 Å². The summed E-state index contributed by atoms with van der Waals surface area (Å²) >= 11 is 0. The summed E-state index contributed by atoms with van der Waals surface area (Å²) in [6.45, 7) is -0.319. The summed E-state index contributed by atoms with van der Waals surface area (Å²) in [5.74, 6) is 0.873. The summed E-state index contributed by atoms with van der Waals surface area (Å²) in [7, 11) is 3.04. The van der Waals surface area contributed by atoms with E-state index >= 15 is 0 Å². The van der Waals surface area contributed by atoms with E-state index < -0.39 is 29.7 Å². The predicted octanol–water partition coefficient (Wildman–Crippen LogP) is 4.43. The first kappa shape index (κ1) is 24.6. The van der Waals surface area contributed by atoms with E-state index in [4.69, 9.17) is 14.2 Å². The molecule has 2 aliphatic rings. The molecule has 1 aromatic heterocycles. The second-order valence-corrected chi connectivity index (χ2v) is 8.79. The lowest BCUT2D eigenvalue weighted by Gasteiger charge is -2.23. The highest BCUT2D eigenvalue weighted by Crippen LogP contribution is 2.37. The molecule has 194 valence electrons. The highest BCUT2D eigenvalue weighted by molar-refractivity contribution is 6.12. The van der Waals surface area contributed by atoms with Gasteiger partial charge in [-0.1, -0.05) is 6.07 Å². The zero-order valence-electron chi connectivity index (χ0n) is 20.0. The van der Waals surface area contributed by atoms with Crippen molar-refractivity contribution in [1.82, 2.24) is 14.9 Å². The summed E-state index contributed by atoms with van der Waals surface area (Å²) in [6.07, 6.45) is -2.09. The molecule has 2 fully saturated rings. The topological polar surface area (TPSA) is 94.1 Å². The van der Waals surface area contributed by atoms with Crippen LogP contribution in [0.1, 0.15) is 24.8 Å². The molecular formula is C25H23F3N4O5. The summed E-state index contributed by atoms with van der Waals surface area (Å²) in [4.78, 5) is 36.6. The van der Waals surface area contributed by atoms with Crippen LogP contribution in [0, 0.1) is 0 Å². The van der Waals surface area contributed by atoms with Crippen LogP contribution in [0.5, 0.6) is 17.4 Å². The van der Waals surface area contributed by atoms with Crippen LogP contribution in [-0.2, 0) is 11.0 Å². The number of aromatic nitrogens is 2. The fraction of sp³-hybridized carbons (Fsp3) is 0.360. The van der Waals surface area contributed by atoms with Gasteiger partial charge in [-0.2, -0.15) is 13.2 Å². The zero-order valence-corrected chi connectivity index (χ0v) is 20.0. The Morgan fingerprint density at radius 2 is 1.76 bits per heavy atom. The Morgan fingerprint density at radius 1 is 1.00 bits per heavy atom. The number of benzene rings is 2. The average molecular weight is 516 g/mol. The number of carbonyl (C=O) groups is 2. The smallest absolute Gasteiger partial charge is 0.416 e. The molecule has 2 atom stereocenters. The third-order valence-electron chi connectivity index (χ3n) is 6.59. The third kappa shape index (κ3) is 4.58. The minimum Gasteiger partial charge on any atom is -0.493 e. The van der Waals surface area contributed by atoms with E-state index in [0.29, 0.717) is 47.5 Å². The maximum absolute atomic E-state index is 13.1. The Labute approximate surface area is 209 Å². The van der Waals surface area contributed by atoms with Crippen molar-refractivity contribution >= 4 is 28.5 Å². The van der Waals surface area contributed by atoms with E-state index in [0.717, 1.165) is 21.9 Å². The first-order valence-electron chi connectivity index (χ1n) is 11.5. The van der Waals surface area contributed by atoms with Gasteiger partial charge in [0.2, 0.25) is 5.88 Å². The van der Waals surface area contributed by atoms with Gasteiger partial charge in [-0.15, -0.1) is 0 Å². The first-order chi connectivity index (χ1) is 17.7. The summed E-state index contributed by atoms with van der Waals surface area (Å²) in [5.41, 5.74) is -0.263. The van der Waals surface area contributed by atoms with Crippen LogP contribution < -0.4 is 19.1 Å². The number of amides is 3. The molecule has 1 saturated heterocycles. The molecule has 5 rings (SSSR count). The molecule has 0 radical (unpaired) electrons.